The summed E-state index contributed by atoms with van der Waals surface area (Å²) in [6.07, 6.45) is -1.71. The first-order valence-corrected chi connectivity index (χ1v) is 11.8. The fourth-order valence-electron chi connectivity index (χ4n) is 4.07. The average Bonchev–Trinajstić information content (AvgIpc) is 3.39. The van der Waals surface area contributed by atoms with Crippen LogP contribution in [-0.4, -0.2) is 54.4 Å². The third-order valence-corrected chi connectivity index (χ3v) is 6.94. The summed E-state index contributed by atoms with van der Waals surface area (Å²) in [6, 6.07) is 16.2. The number of fused-ring (bicyclic) bond motifs is 3. The number of rotatable bonds is 9. The number of alkyl carbamates (subject to hydrolysis) is 1. The summed E-state index contributed by atoms with van der Waals surface area (Å²) in [6.45, 7) is 1.81. The van der Waals surface area contributed by atoms with E-state index < -0.39 is 24.1 Å². The van der Waals surface area contributed by atoms with Crippen LogP contribution < -0.4 is 10.6 Å². The zero-order valence-corrected chi connectivity index (χ0v) is 20.1. The Hall–Kier alpha value is -3.76. The number of methoxy groups -OCH3 is 1. The molecule has 0 saturated carbocycles. The molecule has 1 unspecified atom stereocenters. The van der Waals surface area contributed by atoms with E-state index in [0.29, 0.717) is 15.6 Å². The van der Waals surface area contributed by atoms with Gasteiger partial charge in [-0.2, -0.15) is 0 Å². The quantitative estimate of drug-likeness (QED) is 0.416. The normalized spacial score (nSPS) is 13.0. The Kier molecular flexibility index (Phi) is 7.42. The van der Waals surface area contributed by atoms with Crippen molar-refractivity contribution in [2.75, 3.05) is 20.3 Å². The lowest BCUT2D eigenvalue weighted by molar-refractivity contribution is -0.148. The molecule has 1 aromatic heterocycles. The Morgan fingerprint density at radius 2 is 1.69 bits per heavy atom. The Morgan fingerprint density at radius 1 is 1.06 bits per heavy atom. The van der Waals surface area contributed by atoms with E-state index in [2.05, 4.69) is 39.9 Å². The van der Waals surface area contributed by atoms with E-state index >= 15 is 0 Å². The van der Waals surface area contributed by atoms with E-state index in [4.69, 9.17) is 14.6 Å². The molecule has 2 amide bonds. The minimum Gasteiger partial charge on any atom is -0.479 e. The molecule has 182 valence electrons. The van der Waals surface area contributed by atoms with Crippen LogP contribution in [0.3, 0.4) is 0 Å². The summed E-state index contributed by atoms with van der Waals surface area (Å²) in [5.41, 5.74) is 5.06. The Bertz CT molecular complexity index is 1210. The molecule has 3 N–H and O–H groups in total. The second kappa shape index (κ2) is 10.7. The summed E-state index contributed by atoms with van der Waals surface area (Å²) >= 11 is 1.12. The summed E-state index contributed by atoms with van der Waals surface area (Å²) in [5.74, 6) is -1.65. The summed E-state index contributed by atoms with van der Waals surface area (Å²) in [5, 5.41) is 14.8. The highest BCUT2D eigenvalue weighted by molar-refractivity contribution is 7.13. The molecule has 10 heteroatoms. The standard InChI is InChI=1S/C25H25N3O6S/c1-14-22(23(29)26-11-20(33-2)24(30)31)35-21(28-14)12-27-25(32)34-13-19-17-9-5-3-7-15(17)16-8-4-6-10-18(16)19/h3-10,19-20H,11-13H2,1-2H3,(H,26,29)(H,27,32)(H,30,31). The zero-order chi connectivity index (χ0) is 24.9. The predicted molar refractivity (Wildman–Crippen MR) is 130 cm³/mol. The Morgan fingerprint density at radius 3 is 2.29 bits per heavy atom. The first-order valence-electron chi connectivity index (χ1n) is 11.0. The van der Waals surface area contributed by atoms with Crippen molar-refractivity contribution >= 4 is 29.3 Å². The van der Waals surface area contributed by atoms with Gasteiger partial charge in [-0.1, -0.05) is 48.5 Å². The second-order valence-electron chi connectivity index (χ2n) is 7.97. The molecule has 9 nitrogen and oxygen atoms in total. The lowest BCUT2D eigenvalue weighted by atomic mass is 9.98. The van der Waals surface area contributed by atoms with Gasteiger partial charge in [0.15, 0.2) is 6.10 Å². The molecule has 4 rings (SSSR count). The van der Waals surface area contributed by atoms with Crippen LogP contribution in [-0.2, 0) is 20.8 Å². The number of hydrogen-bond acceptors (Lipinski definition) is 7. The number of carboxylic acid groups (broad SMARTS) is 1. The minimum atomic E-state index is -1.16. The van der Waals surface area contributed by atoms with Gasteiger partial charge in [0, 0.05) is 13.0 Å². The molecule has 0 spiro atoms. The average molecular weight is 496 g/mol. The second-order valence-corrected chi connectivity index (χ2v) is 9.06. The number of carbonyl (C=O) groups is 3. The molecule has 0 saturated heterocycles. The smallest absolute Gasteiger partial charge is 0.407 e. The maximum absolute atomic E-state index is 12.4. The number of aromatic nitrogens is 1. The number of thiazole rings is 1. The molecule has 1 atom stereocenters. The SMILES string of the molecule is COC(CNC(=O)c1sc(CNC(=O)OCC2c3ccccc3-c3ccccc32)nc1C)C(=O)O. The van der Waals surface area contributed by atoms with Crippen LogP contribution in [0.5, 0.6) is 0 Å². The lowest BCUT2D eigenvalue weighted by Crippen LogP contribution is -2.37. The molecule has 0 bridgehead atoms. The van der Waals surface area contributed by atoms with E-state index in [1.54, 1.807) is 6.92 Å². The summed E-state index contributed by atoms with van der Waals surface area (Å²) < 4.78 is 10.3. The molecule has 35 heavy (non-hydrogen) atoms. The molecule has 2 aromatic carbocycles. The summed E-state index contributed by atoms with van der Waals surface area (Å²) in [4.78, 5) is 40.5. The van der Waals surface area contributed by atoms with Gasteiger partial charge in [-0.25, -0.2) is 14.6 Å². The van der Waals surface area contributed by atoms with Gasteiger partial charge in [0.05, 0.1) is 18.8 Å². The maximum Gasteiger partial charge on any atom is 0.407 e. The molecule has 1 aliphatic carbocycles. The third kappa shape index (κ3) is 5.33. The van der Waals surface area contributed by atoms with Crippen LogP contribution in [0, 0.1) is 6.92 Å². The number of benzene rings is 2. The van der Waals surface area contributed by atoms with Crippen LogP contribution in [0.15, 0.2) is 48.5 Å². The third-order valence-electron chi connectivity index (χ3n) is 5.78. The first-order chi connectivity index (χ1) is 16.9. The largest absolute Gasteiger partial charge is 0.479 e. The molecule has 1 aliphatic rings. The lowest BCUT2D eigenvalue weighted by Gasteiger charge is -2.14. The highest BCUT2D eigenvalue weighted by atomic mass is 32.1. The summed E-state index contributed by atoms with van der Waals surface area (Å²) in [7, 11) is 1.26. The number of aryl methyl sites for hydroxylation is 1. The van der Waals surface area contributed by atoms with Crippen LogP contribution in [0.4, 0.5) is 4.79 Å². The van der Waals surface area contributed by atoms with Crippen LogP contribution in [0.2, 0.25) is 0 Å². The number of hydrogen-bond donors (Lipinski definition) is 3. The predicted octanol–water partition coefficient (Wildman–Crippen LogP) is 3.32. The van der Waals surface area contributed by atoms with Crippen LogP contribution in [0.25, 0.3) is 11.1 Å². The van der Waals surface area contributed by atoms with E-state index in [9.17, 15) is 14.4 Å². The van der Waals surface area contributed by atoms with Gasteiger partial charge in [0.1, 0.15) is 16.5 Å². The van der Waals surface area contributed by atoms with Gasteiger partial charge in [0.25, 0.3) is 5.91 Å². The van der Waals surface area contributed by atoms with E-state index in [1.807, 2.05) is 24.3 Å². The highest BCUT2D eigenvalue weighted by Crippen LogP contribution is 2.44. The van der Waals surface area contributed by atoms with Crippen molar-refractivity contribution in [2.45, 2.75) is 25.5 Å². The van der Waals surface area contributed by atoms with Crippen molar-refractivity contribution < 1.29 is 29.0 Å². The Labute approximate surface area is 206 Å². The molecule has 0 fully saturated rings. The fraction of sp³-hybridized carbons (Fsp3) is 0.280. The molecular weight excluding hydrogens is 470 g/mol. The molecular formula is C25H25N3O6S. The van der Waals surface area contributed by atoms with Gasteiger partial charge >= 0.3 is 12.1 Å². The van der Waals surface area contributed by atoms with Gasteiger partial charge < -0.3 is 25.2 Å². The van der Waals surface area contributed by atoms with Crippen molar-refractivity contribution in [3.05, 3.63) is 75.2 Å². The zero-order valence-electron chi connectivity index (χ0n) is 19.2. The van der Waals surface area contributed by atoms with Crippen molar-refractivity contribution in [1.82, 2.24) is 15.6 Å². The number of nitrogens with one attached hydrogen (secondary N) is 2. The fourth-order valence-corrected chi connectivity index (χ4v) is 4.99. The molecule has 0 radical (unpaired) electrons. The first kappa shape index (κ1) is 24.4. The van der Waals surface area contributed by atoms with E-state index in [0.717, 1.165) is 33.6 Å². The molecule has 1 heterocycles. The number of ether oxygens (including phenoxy) is 2. The van der Waals surface area contributed by atoms with Crippen molar-refractivity contribution in [2.24, 2.45) is 0 Å². The van der Waals surface area contributed by atoms with Gasteiger partial charge in [-0.15, -0.1) is 11.3 Å². The van der Waals surface area contributed by atoms with Gasteiger partial charge in [-0.05, 0) is 29.2 Å². The van der Waals surface area contributed by atoms with E-state index in [1.165, 1.54) is 7.11 Å². The molecule has 0 aliphatic heterocycles. The highest BCUT2D eigenvalue weighted by Gasteiger charge is 2.29. The van der Waals surface area contributed by atoms with E-state index in [-0.39, 0.29) is 25.6 Å². The number of aliphatic carboxylic acids is 1. The van der Waals surface area contributed by atoms with Gasteiger partial charge in [0.2, 0.25) is 0 Å². The Balaban J connectivity index is 1.31. The number of nitrogens with zero attached hydrogens (tertiary/aromatic N) is 1. The molecule has 3 aromatic rings. The van der Waals surface area contributed by atoms with Gasteiger partial charge in [-0.3, -0.25) is 4.79 Å². The van der Waals surface area contributed by atoms with Crippen molar-refractivity contribution in [1.29, 1.82) is 0 Å². The monoisotopic (exact) mass is 495 g/mol. The minimum absolute atomic E-state index is 0.0349. The van der Waals surface area contributed by atoms with Crippen LogP contribution in [0.1, 0.15) is 37.4 Å². The number of carboxylic acids is 1. The topological polar surface area (TPSA) is 127 Å². The maximum atomic E-state index is 12.4. The van der Waals surface area contributed by atoms with Crippen molar-refractivity contribution in [3.63, 3.8) is 0 Å². The van der Waals surface area contributed by atoms with Crippen LogP contribution >= 0.6 is 11.3 Å². The van der Waals surface area contributed by atoms with Crippen molar-refractivity contribution in [3.8, 4) is 11.1 Å². The number of amides is 2. The number of carbonyl (C=O) groups excluding carboxylic acids is 2.